The molecule has 0 saturated heterocycles. The molecule has 5 nitrogen and oxygen atoms in total. The van der Waals surface area contributed by atoms with Crippen LogP contribution in [0.1, 0.15) is 32.8 Å². The first-order valence-corrected chi connectivity index (χ1v) is 9.15. The fourth-order valence-electron chi connectivity index (χ4n) is 2.51. The summed E-state index contributed by atoms with van der Waals surface area (Å²) in [6, 6.07) is 11.2. The molecule has 146 valence electrons. The number of hydrogen-bond donors (Lipinski definition) is 1. The predicted octanol–water partition coefficient (Wildman–Crippen LogP) is 4.10. The van der Waals surface area contributed by atoms with Crippen LogP contribution >= 0.6 is 0 Å². The molecule has 1 atom stereocenters. The zero-order chi connectivity index (χ0) is 19.6. The molecule has 2 aromatic rings. The maximum absolute atomic E-state index is 13.0. The van der Waals surface area contributed by atoms with Crippen molar-refractivity contribution in [3.05, 3.63) is 53.8 Å². The van der Waals surface area contributed by atoms with E-state index in [1.165, 1.54) is 24.3 Å². The fourth-order valence-corrected chi connectivity index (χ4v) is 2.51. The highest BCUT2D eigenvalue weighted by Gasteiger charge is 2.18. The molecule has 2 rings (SSSR count). The van der Waals surface area contributed by atoms with Gasteiger partial charge in [0.05, 0.1) is 13.2 Å². The standard InChI is InChI=1S/C21H26FNO4/c1-4-18(27-17-10-8-16(22)9-11-17)21(24)23-14-15-7-12-19(25-5-2)20(13-15)26-6-3/h7-13,18H,4-6,14H2,1-3H3,(H,23,24)/t18-/m0/s1. The Balaban J connectivity index is 1.98. The smallest absolute Gasteiger partial charge is 0.261 e. The highest BCUT2D eigenvalue weighted by molar-refractivity contribution is 5.81. The van der Waals surface area contributed by atoms with Gasteiger partial charge in [0.2, 0.25) is 0 Å². The van der Waals surface area contributed by atoms with Crippen LogP contribution in [0.4, 0.5) is 4.39 Å². The Morgan fingerprint density at radius 3 is 2.30 bits per heavy atom. The Bertz CT molecular complexity index is 733. The molecule has 0 aliphatic carbocycles. The minimum atomic E-state index is -0.649. The monoisotopic (exact) mass is 375 g/mol. The van der Waals surface area contributed by atoms with Gasteiger partial charge in [-0.05, 0) is 62.2 Å². The molecule has 0 spiro atoms. The van der Waals surface area contributed by atoms with Gasteiger partial charge in [-0.25, -0.2) is 4.39 Å². The van der Waals surface area contributed by atoms with Crippen LogP contribution < -0.4 is 19.5 Å². The lowest BCUT2D eigenvalue weighted by molar-refractivity contribution is -0.128. The lowest BCUT2D eigenvalue weighted by atomic mass is 10.2. The van der Waals surface area contributed by atoms with Crippen LogP contribution in [0.5, 0.6) is 17.2 Å². The first kappa shape index (κ1) is 20.6. The molecule has 0 radical (unpaired) electrons. The molecule has 1 N–H and O–H groups in total. The molecule has 0 unspecified atom stereocenters. The lowest BCUT2D eigenvalue weighted by Crippen LogP contribution is -2.37. The van der Waals surface area contributed by atoms with E-state index in [1.54, 1.807) is 0 Å². The molecule has 6 heteroatoms. The van der Waals surface area contributed by atoms with Gasteiger partial charge >= 0.3 is 0 Å². The van der Waals surface area contributed by atoms with Crippen LogP contribution in [-0.2, 0) is 11.3 Å². The zero-order valence-electron chi connectivity index (χ0n) is 16.0. The number of rotatable bonds is 10. The van der Waals surface area contributed by atoms with Crippen molar-refractivity contribution < 1.29 is 23.4 Å². The molecule has 0 aliphatic heterocycles. The molecule has 0 fully saturated rings. The number of carbonyl (C=O) groups is 1. The van der Waals surface area contributed by atoms with E-state index in [-0.39, 0.29) is 11.7 Å². The Morgan fingerprint density at radius 1 is 1.00 bits per heavy atom. The van der Waals surface area contributed by atoms with Gasteiger partial charge in [0.25, 0.3) is 5.91 Å². The van der Waals surface area contributed by atoms with Gasteiger partial charge in [-0.3, -0.25) is 4.79 Å². The number of nitrogens with one attached hydrogen (secondary N) is 1. The van der Waals surface area contributed by atoms with Crippen molar-refractivity contribution in [2.24, 2.45) is 0 Å². The third-order valence-corrected chi connectivity index (χ3v) is 3.83. The quantitative estimate of drug-likeness (QED) is 0.679. The van der Waals surface area contributed by atoms with Crippen molar-refractivity contribution in [3.8, 4) is 17.2 Å². The minimum absolute atomic E-state index is 0.228. The lowest BCUT2D eigenvalue weighted by Gasteiger charge is -2.18. The van der Waals surface area contributed by atoms with Gasteiger partial charge in [0.1, 0.15) is 11.6 Å². The van der Waals surface area contributed by atoms with Gasteiger partial charge in [-0.2, -0.15) is 0 Å². The largest absolute Gasteiger partial charge is 0.490 e. The molecule has 0 aromatic heterocycles. The minimum Gasteiger partial charge on any atom is -0.490 e. The second kappa shape index (κ2) is 10.4. The van der Waals surface area contributed by atoms with Crippen LogP contribution in [0.3, 0.4) is 0 Å². The maximum atomic E-state index is 13.0. The molecule has 2 aromatic carbocycles. The number of hydrogen-bond acceptors (Lipinski definition) is 4. The molecule has 1 amide bonds. The first-order valence-electron chi connectivity index (χ1n) is 9.15. The molecule has 0 saturated carbocycles. The summed E-state index contributed by atoms with van der Waals surface area (Å²) < 4.78 is 29.8. The maximum Gasteiger partial charge on any atom is 0.261 e. The zero-order valence-corrected chi connectivity index (χ0v) is 16.0. The molecule has 27 heavy (non-hydrogen) atoms. The summed E-state index contributed by atoms with van der Waals surface area (Å²) in [4.78, 5) is 12.4. The SMILES string of the molecule is CCOc1ccc(CNC(=O)[C@H](CC)Oc2ccc(F)cc2)cc1OCC. The summed E-state index contributed by atoms with van der Waals surface area (Å²) in [6.07, 6.45) is -0.152. The number of carbonyl (C=O) groups excluding carboxylic acids is 1. The second-order valence-corrected chi connectivity index (χ2v) is 5.83. The summed E-state index contributed by atoms with van der Waals surface area (Å²) in [7, 11) is 0. The second-order valence-electron chi connectivity index (χ2n) is 5.83. The van der Waals surface area contributed by atoms with Crippen LogP contribution in [-0.4, -0.2) is 25.2 Å². The fraction of sp³-hybridized carbons (Fsp3) is 0.381. The molecule has 0 heterocycles. The Labute approximate surface area is 159 Å². The molecule has 0 aliphatic rings. The molecular formula is C21H26FNO4. The van der Waals surface area contributed by atoms with Gasteiger partial charge in [-0.15, -0.1) is 0 Å². The Hall–Kier alpha value is -2.76. The number of benzene rings is 2. The number of ether oxygens (including phenoxy) is 3. The van der Waals surface area contributed by atoms with Crippen LogP contribution in [0, 0.1) is 5.82 Å². The van der Waals surface area contributed by atoms with Crippen LogP contribution in [0.15, 0.2) is 42.5 Å². The van der Waals surface area contributed by atoms with Crippen molar-refractivity contribution in [2.75, 3.05) is 13.2 Å². The third kappa shape index (κ3) is 6.16. The van der Waals surface area contributed by atoms with Gasteiger partial charge in [0, 0.05) is 6.54 Å². The van der Waals surface area contributed by atoms with Gasteiger partial charge < -0.3 is 19.5 Å². The average molecular weight is 375 g/mol. The van der Waals surface area contributed by atoms with Crippen molar-refractivity contribution in [2.45, 2.75) is 39.8 Å². The predicted molar refractivity (Wildman–Crippen MR) is 102 cm³/mol. The van der Waals surface area contributed by atoms with E-state index in [2.05, 4.69) is 5.32 Å². The third-order valence-electron chi connectivity index (χ3n) is 3.83. The normalized spacial score (nSPS) is 11.6. The molecular weight excluding hydrogens is 349 g/mol. The van der Waals surface area contributed by atoms with Crippen molar-refractivity contribution in [1.82, 2.24) is 5.32 Å². The average Bonchev–Trinajstić information content (AvgIpc) is 2.67. The number of halogens is 1. The number of amides is 1. The van der Waals surface area contributed by atoms with Gasteiger partial charge in [-0.1, -0.05) is 13.0 Å². The van der Waals surface area contributed by atoms with Crippen LogP contribution in [0.25, 0.3) is 0 Å². The van der Waals surface area contributed by atoms with Crippen molar-refractivity contribution >= 4 is 5.91 Å². The Kier molecular flexibility index (Phi) is 7.92. The summed E-state index contributed by atoms with van der Waals surface area (Å²) in [5.74, 6) is 1.22. The van der Waals surface area contributed by atoms with E-state index in [1.807, 2.05) is 39.0 Å². The van der Waals surface area contributed by atoms with E-state index in [9.17, 15) is 9.18 Å². The first-order chi connectivity index (χ1) is 13.1. The highest BCUT2D eigenvalue weighted by Crippen LogP contribution is 2.28. The summed E-state index contributed by atoms with van der Waals surface area (Å²) in [5.41, 5.74) is 0.895. The Morgan fingerprint density at radius 2 is 1.67 bits per heavy atom. The van der Waals surface area contributed by atoms with E-state index in [0.717, 1.165) is 5.56 Å². The van der Waals surface area contributed by atoms with E-state index in [0.29, 0.717) is 43.4 Å². The summed E-state index contributed by atoms with van der Waals surface area (Å²) >= 11 is 0. The van der Waals surface area contributed by atoms with E-state index >= 15 is 0 Å². The van der Waals surface area contributed by atoms with Crippen molar-refractivity contribution in [1.29, 1.82) is 0 Å². The highest BCUT2D eigenvalue weighted by atomic mass is 19.1. The van der Waals surface area contributed by atoms with E-state index < -0.39 is 6.10 Å². The van der Waals surface area contributed by atoms with E-state index in [4.69, 9.17) is 14.2 Å². The topological polar surface area (TPSA) is 56.8 Å². The molecule has 0 bridgehead atoms. The van der Waals surface area contributed by atoms with Crippen LogP contribution in [0.2, 0.25) is 0 Å². The van der Waals surface area contributed by atoms with Gasteiger partial charge in [0.15, 0.2) is 17.6 Å². The summed E-state index contributed by atoms with van der Waals surface area (Å²) in [6.45, 7) is 7.10. The van der Waals surface area contributed by atoms with Crippen molar-refractivity contribution in [3.63, 3.8) is 0 Å². The summed E-state index contributed by atoms with van der Waals surface area (Å²) in [5, 5.41) is 2.87.